The molecule has 1 aromatic heterocycles. The monoisotopic (exact) mass is 578 g/mol. The quantitative estimate of drug-likeness (QED) is 0.199. The Bertz CT molecular complexity index is 1860. The van der Waals surface area contributed by atoms with E-state index in [1.54, 1.807) is 18.2 Å². The molecule has 4 aromatic carbocycles. The number of halogens is 1. The van der Waals surface area contributed by atoms with Gasteiger partial charge in [0.15, 0.2) is 0 Å². The predicted molar refractivity (Wildman–Crippen MR) is 158 cm³/mol. The summed E-state index contributed by atoms with van der Waals surface area (Å²) in [4.78, 5) is 26.0. The van der Waals surface area contributed by atoms with Crippen LogP contribution in [-0.4, -0.2) is 26.8 Å². The maximum absolute atomic E-state index is 13.8. The van der Waals surface area contributed by atoms with Gasteiger partial charge >= 0.3 is 5.97 Å². The molecule has 0 bridgehead atoms. The average Bonchev–Trinajstić information content (AvgIpc) is 3.77. The highest BCUT2D eigenvalue weighted by atomic mass is 35.5. The van der Waals surface area contributed by atoms with Crippen molar-refractivity contribution in [1.29, 1.82) is 5.26 Å². The van der Waals surface area contributed by atoms with Gasteiger partial charge in [-0.3, -0.25) is 9.48 Å². The number of carboxylic acids is 1. The van der Waals surface area contributed by atoms with Crippen LogP contribution in [0.4, 0.5) is 0 Å². The minimum atomic E-state index is -1.00. The smallest absolute Gasteiger partial charge is 0.335 e. The lowest BCUT2D eigenvalue weighted by Crippen LogP contribution is -2.23. The summed E-state index contributed by atoms with van der Waals surface area (Å²) >= 11 is 7.72. The van der Waals surface area contributed by atoms with E-state index in [1.165, 1.54) is 23.9 Å². The number of aromatic carboxylic acids is 1. The molecule has 41 heavy (non-hydrogen) atoms. The van der Waals surface area contributed by atoms with E-state index in [-0.39, 0.29) is 24.1 Å². The van der Waals surface area contributed by atoms with E-state index in [9.17, 15) is 20.0 Å². The Labute approximate surface area is 245 Å². The van der Waals surface area contributed by atoms with Crippen LogP contribution in [0.1, 0.15) is 50.7 Å². The first-order valence-corrected chi connectivity index (χ1v) is 14.2. The number of carbonyl (C=O) groups is 2. The average molecular weight is 579 g/mol. The van der Waals surface area contributed by atoms with E-state index in [0.29, 0.717) is 21.2 Å². The minimum Gasteiger partial charge on any atom is -0.478 e. The van der Waals surface area contributed by atoms with Crippen LogP contribution in [0.3, 0.4) is 0 Å². The molecule has 0 aliphatic heterocycles. The fourth-order valence-corrected chi connectivity index (χ4v) is 5.96. The van der Waals surface area contributed by atoms with Crippen molar-refractivity contribution >= 4 is 46.1 Å². The number of aromatic nitrogens is 2. The largest absolute Gasteiger partial charge is 0.478 e. The van der Waals surface area contributed by atoms with Gasteiger partial charge in [0.1, 0.15) is 5.03 Å². The number of carboxylic acid groups (broad SMARTS) is 1. The molecule has 1 amide bonds. The molecule has 0 atom stereocenters. The van der Waals surface area contributed by atoms with Crippen LogP contribution in [0.2, 0.25) is 5.02 Å². The normalized spacial score (nSPS) is 12.7. The molecule has 5 aromatic rings. The molecule has 2 N–H and O–H groups in total. The number of nitriles is 1. The maximum atomic E-state index is 13.8. The van der Waals surface area contributed by atoms with Crippen molar-refractivity contribution in [2.75, 3.05) is 0 Å². The van der Waals surface area contributed by atoms with Gasteiger partial charge in [0.25, 0.3) is 5.91 Å². The zero-order chi connectivity index (χ0) is 28.5. The van der Waals surface area contributed by atoms with Crippen LogP contribution in [0.15, 0.2) is 94.9 Å². The summed E-state index contributed by atoms with van der Waals surface area (Å²) in [5.74, 6) is -1.28. The highest BCUT2D eigenvalue weighted by molar-refractivity contribution is 7.99. The predicted octanol–water partition coefficient (Wildman–Crippen LogP) is 7.34. The van der Waals surface area contributed by atoms with Gasteiger partial charge < -0.3 is 10.4 Å². The SMILES string of the molecule is N#Cc1cccc(-c2cc(C(=O)NCc3ccc(C(=O)O)cc3)c3c(Sc4cccc(Cl)c4)nn(C4CC4)c3c2)c1. The number of hydrogen-bond donors (Lipinski definition) is 2. The van der Waals surface area contributed by atoms with E-state index in [1.807, 2.05) is 59.3 Å². The molecule has 1 fully saturated rings. The van der Waals surface area contributed by atoms with E-state index < -0.39 is 5.97 Å². The molecule has 9 heteroatoms. The summed E-state index contributed by atoms with van der Waals surface area (Å²) in [6.45, 7) is 0.224. The summed E-state index contributed by atoms with van der Waals surface area (Å²) in [6, 6.07) is 27.6. The highest BCUT2D eigenvalue weighted by Crippen LogP contribution is 2.43. The first kappa shape index (κ1) is 26.6. The second kappa shape index (κ2) is 11.1. The molecule has 1 heterocycles. The summed E-state index contributed by atoms with van der Waals surface area (Å²) in [5, 5.41) is 28.7. The Morgan fingerprint density at radius 2 is 1.80 bits per heavy atom. The van der Waals surface area contributed by atoms with Crippen molar-refractivity contribution in [3.05, 3.63) is 112 Å². The summed E-state index contributed by atoms with van der Waals surface area (Å²) in [5.41, 5.74) is 4.46. The highest BCUT2D eigenvalue weighted by Gasteiger charge is 2.30. The molecular weight excluding hydrogens is 556 g/mol. The van der Waals surface area contributed by atoms with E-state index in [0.717, 1.165) is 45.3 Å². The fraction of sp³-hybridized carbons (Fsp3) is 0.125. The summed E-state index contributed by atoms with van der Waals surface area (Å²) in [7, 11) is 0. The van der Waals surface area contributed by atoms with Crippen LogP contribution in [0.5, 0.6) is 0 Å². The number of nitrogens with one attached hydrogen (secondary N) is 1. The Morgan fingerprint density at radius 3 is 2.51 bits per heavy atom. The van der Waals surface area contributed by atoms with Gasteiger partial charge in [-0.1, -0.05) is 53.7 Å². The molecule has 0 spiro atoms. The van der Waals surface area contributed by atoms with E-state index in [2.05, 4.69) is 11.4 Å². The molecule has 1 aliphatic rings. The maximum Gasteiger partial charge on any atom is 0.335 e. The van der Waals surface area contributed by atoms with Crippen molar-refractivity contribution in [2.45, 2.75) is 35.3 Å². The zero-order valence-corrected chi connectivity index (χ0v) is 23.2. The third-order valence-corrected chi connectivity index (χ3v) is 8.11. The molecule has 7 nitrogen and oxygen atoms in total. The summed E-state index contributed by atoms with van der Waals surface area (Å²) in [6.07, 6.45) is 2.03. The van der Waals surface area contributed by atoms with Gasteiger partial charge in [-0.2, -0.15) is 10.4 Å². The van der Waals surface area contributed by atoms with Gasteiger partial charge in [-0.25, -0.2) is 4.79 Å². The number of amides is 1. The molecule has 6 rings (SSSR count). The van der Waals surface area contributed by atoms with Crippen LogP contribution in [0.25, 0.3) is 22.0 Å². The fourth-order valence-electron chi connectivity index (χ4n) is 4.70. The van der Waals surface area contributed by atoms with Crippen molar-refractivity contribution in [2.24, 2.45) is 0 Å². The number of hydrogen-bond acceptors (Lipinski definition) is 5. The van der Waals surface area contributed by atoms with E-state index in [4.69, 9.17) is 16.7 Å². The molecule has 1 saturated carbocycles. The van der Waals surface area contributed by atoms with Crippen molar-refractivity contribution in [3.8, 4) is 17.2 Å². The van der Waals surface area contributed by atoms with Crippen molar-refractivity contribution < 1.29 is 14.7 Å². The standard InChI is InChI=1S/C32H23ClN4O3S/c33-24-5-2-6-26(16-24)41-31-29-27(30(38)35-18-19-7-9-21(10-8-19)32(39)40)14-23(22-4-1-3-20(13-22)17-34)15-28(29)37(36-31)25-11-12-25/h1-10,13-16,25H,11-12,18H2,(H,35,38)(H,39,40). The molecule has 0 saturated heterocycles. The third kappa shape index (κ3) is 5.68. The Kier molecular flexibility index (Phi) is 7.23. The number of carbonyl (C=O) groups excluding carboxylic acids is 1. The molecular formula is C32H23ClN4O3S. The number of fused-ring (bicyclic) bond motifs is 1. The Balaban J connectivity index is 1.45. The number of rotatable bonds is 8. The Morgan fingerprint density at radius 1 is 1.02 bits per heavy atom. The Hall–Kier alpha value is -4.58. The van der Waals surface area contributed by atoms with Crippen molar-refractivity contribution in [3.63, 3.8) is 0 Å². The second-order valence-electron chi connectivity index (χ2n) is 9.84. The number of nitrogens with zero attached hydrogens (tertiary/aromatic N) is 3. The molecule has 0 unspecified atom stereocenters. The first-order valence-electron chi connectivity index (χ1n) is 13.0. The van der Waals surface area contributed by atoms with E-state index >= 15 is 0 Å². The van der Waals surface area contributed by atoms with Crippen molar-refractivity contribution in [1.82, 2.24) is 15.1 Å². The molecule has 1 aliphatic carbocycles. The van der Waals surface area contributed by atoms with Gasteiger partial charge in [0, 0.05) is 21.8 Å². The first-order chi connectivity index (χ1) is 19.9. The topological polar surface area (TPSA) is 108 Å². The van der Waals surface area contributed by atoms with Crippen LogP contribution in [0, 0.1) is 11.3 Å². The van der Waals surface area contributed by atoms with Gasteiger partial charge in [0.2, 0.25) is 0 Å². The van der Waals surface area contributed by atoms with Crippen LogP contribution in [-0.2, 0) is 6.54 Å². The molecule has 202 valence electrons. The van der Waals surface area contributed by atoms with Crippen LogP contribution >= 0.6 is 23.4 Å². The second-order valence-corrected chi connectivity index (χ2v) is 11.3. The lowest BCUT2D eigenvalue weighted by Gasteiger charge is -2.12. The van der Waals surface area contributed by atoms with Crippen LogP contribution < -0.4 is 5.32 Å². The van der Waals surface area contributed by atoms with Gasteiger partial charge in [-0.15, -0.1) is 0 Å². The zero-order valence-electron chi connectivity index (χ0n) is 21.7. The third-order valence-electron chi connectivity index (χ3n) is 6.90. The van der Waals surface area contributed by atoms with Gasteiger partial charge in [-0.05, 0) is 84.1 Å². The summed E-state index contributed by atoms with van der Waals surface area (Å²) < 4.78 is 2.02. The molecule has 0 radical (unpaired) electrons. The van der Waals surface area contributed by atoms with Gasteiger partial charge in [0.05, 0.1) is 34.3 Å². The lowest BCUT2D eigenvalue weighted by molar-refractivity contribution is 0.0696. The number of benzene rings is 4. The minimum absolute atomic E-state index is 0.184. The lowest BCUT2D eigenvalue weighted by atomic mass is 9.98.